The highest BCUT2D eigenvalue weighted by atomic mass is 32.2. The van der Waals surface area contributed by atoms with E-state index in [0.717, 1.165) is 17.0 Å². The zero-order valence-electron chi connectivity index (χ0n) is 18.1. The Morgan fingerprint density at radius 1 is 0.852 bits per heavy atom. The summed E-state index contributed by atoms with van der Waals surface area (Å²) in [4.78, 5) is 10.6. The molecular formula is C20H32N2O2SSi2. The van der Waals surface area contributed by atoms with Crippen molar-refractivity contribution in [2.45, 2.75) is 76.4 Å². The molecule has 0 unspecified atom stereocenters. The van der Waals surface area contributed by atoms with E-state index in [9.17, 15) is 0 Å². The predicted octanol–water partition coefficient (Wildman–Crippen LogP) is 6.23. The van der Waals surface area contributed by atoms with Gasteiger partial charge in [-0.15, -0.1) is 0 Å². The molecule has 0 atom stereocenters. The van der Waals surface area contributed by atoms with E-state index in [1.807, 2.05) is 0 Å². The highest BCUT2D eigenvalue weighted by Gasteiger charge is 2.25. The third-order valence-electron chi connectivity index (χ3n) is 3.47. The molecule has 0 saturated carbocycles. The molecule has 1 aromatic carbocycles. The summed E-state index contributed by atoms with van der Waals surface area (Å²) in [6.07, 6.45) is 0.820. The minimum atomic E-state index is -1.82. The standard InChI is InChI=1S/C20H32N2O2SSi2/c1-10-17-18(23-26(4,5)6)21-20(24-27(7,8)9)22-19(17)25-16-12-14(2)11-15(3)13-16/h11-13H,10H2,1-9H3. The molecule has 0 aliphatic rings. The summed E-state index contributed by atoms with van der Waals surface area (Å²) >= 11 is 1.67. The Bertz CT molecular complexity index is 795. The van der Waals surface area contributed by atoms with Crippen LogP contribution < -0.4 is 8.85 Å². The lowest BCUT2D eigenvalue weighted by Crippen LogP contribution is -2.32. The van der Waals surface area contributed by atoms with Crippen LogP contribution in [0.2, 0.25) is 39.3 Å². The molecule has 7 heteroatoms. The Balaban J connectivity index is 2.54. The van der Waals surface area contributed by atoms with Crippen molar-refractivity contribution in [1.82, 2.24) is 9.97 Å². The monoisotopic (exact) mass is 420 g/mol. The van der Waals surface area contributed by atoms with Crippen LogP contribution in [-0.4, -0.2) is 26.6 Å². The predicted molar refractivity (Wildman–Crippen MR) is 119 cm³/mol. The first-order chi connectivity index (χ1) is 12.4. The maximum Gasteiger partial charge on any atom is 0.306 e. The molecule has 0 amide bonds. The fourth-order valence-electron chi connectivity index (χ4n) is 2.61. The molecule has 1 aromatic heterocycles. The summed E-state index contributed by atoms with van der Waals surface area (Å²) in [6.45, 7) is 19.3. The Kier molecular flexibility index (Phi) is 6.81. The van der Waals surface area contributed by atoms with E-state index >= 15 is 0 Å². The van der Waals surface area contributed by atoms with Crippen LogP contribution in [-0.2, 0) is 6.42 Å². The van der Waals surface area contributed by atoms with Crippen molar-refractivity contribution in [3.63, 3.8) is 0 Å². The first-order valence-electron chi connectivity index (χ1n) is 9.41. The number of aryl methyl sites for hydroxylation is 2. The van der Waals surface area contributed by atoms with Gasteiger partial charge in [0.2, 0.25) is 22.5 Å². The van der Waals surface area contributed by atoms with Crippen LogP contribution in [0, 0.1) is 13.8 Å². The normalized spacial score (nSPS) is 12.2. The lowest BCUT2D eigenvalue weighted by Gasteiger charge is -2.24. The van der Waals surface area contributed by atoms with Crippen LogP contribution in [0.3, 0.4) is 0 Å². The second kappa shape index (κ2) is 8.37. The molecule has 2 rings (SSSR count). The van der Waals surface area contributed by atoms with Crippen LogP contribution in [0.4, 0.5) is 0 Å². The molecule has 27 heavy (non-hydrogen) atoms. The van der Waals surface area contributed by atoms with E-state index in [4.69, 9.17) is 13.8 Å². The van der Waals surface area contributed by atoms with Crippen molar-refractivity contribution in [2.24, 2.45) is 0 Å². The van der Waals surface area contributed by atoms with Crippen molar-refractivity contribution in [3.8, 4) is 11.9 Å². The fraction of sp³-hybridized carbons (Fsp3) is 0.500. The fourth-order valence-corrected chi connectivity index (χ4v) is 5.19. The van der Waals surface area contributed by atoms with Gasteiger partial charge in [0.15, 0.2) is 0 Å². The first-order valence-corrected chi connectivity index (χ1v) is 17.0. The van der Waals surface area contributed by atoms with E-state index in [2.05, 4.69) is 83.2 Å². The third kappa shape index (κ3) is 6.97. The topological polar surface area (TPSA) is 44.2 Å². The van der Waals surface area contributed by atoms with Gasteiger partial charge in [-0.25, -0.2) is 0 Å². The van der Waals surface area contributed by atoms with Crippen molar-refractivity contribution < 1.29 is 8.85 Å². The van der Waals surface area contributed by atoms with Crippen LogP contribution in [0.1, 0.15) is 23.6 Å². The summed E-state index contributed by atoms with van der Waals surface area (Å²) in [5.74, 6) is 0.687. The van der Waals surface area contributed by atoms with Gasteiger partial charge >= 0.3 is 6.01 Å². The molecule has 0 spiro atoms. The van der Waals surface area contributed by atoms with Crippen LogP contribution in [0.5, 0.6) is 11.9 Å². The zero-order chi connectivity index (χ0) is 20.4. The van der Waals surface area contributed by atoms with E-state index < -0.39 is 16.6 Å². The number of hydrogen-bond donors (Lipinski definition) is 0. The van der Waals surface area contributed by atoms with E-state index in [-0.39, 0.29) is 0 Å². The lowest BCUT2D eigenvalue weighted by molar-refractivity contribution is 0.462. The van der Waals surface area contributed by atoms with Crippen molar-refractivity contribution in [1.29, 1.82) is 0 Å². The van der Waals surface area contributed by atoms with Gasteiger partial charge in [-0.05, 0) is 82.8 Å². The minimum Gasteiger partial charge on any atom is -0.531 e. The Morgan fingerprint density at radius 2 is 1.41 bits per heavy atom. The summed E-state index contributed by atoms with van der Waals surface area (Å²) < 4.78 is 12.4. The summed E-state index contributed by atoms with van der Waals surface area (Å²) in [5.41, 5.74) is 3.56. The maximum absolute atomic E-state index is 6.31. The maximum atomic E-state index is 6.31. The Labute approximate surface area is 170 Å². The average molecular weight is 421 g/mol. The molecule has 0 fully saturated rings. The van der Waals surface area contributed by atoms with E-state index in [1.165, 1.54) is 16.0 Å². The smallest absolute Gasteiger partial charge is 0.306 e. The highest BCUT2D eigenvalue weighted by Crippen LogP contribution is 2.36. The van der Waals surface area contributed by atoms with Gasteiger partial charge in [-0.1, -0.05) is 24.8 Å². The van der Waals surface area contributed by atoms with Gasteiger partial charge in [0.1, 0.15) is 5.03 Å². The van der Waals surface area contributed by atoms with Crippen LogP contribution in [0.15, 0.2) is 28.1 Å². The molecule has 0 radical (unpaired) electrons. The second-order valence-corrected chi connectivity index (χ2v) is 18.7. The summed E-state index contributed by atoms with van der Waals surface area (Å²) in [7, 11) is -3.62. The van der Waals surface area contributed by atoms with Gasteiger partial charge < -0.3 is 8.85 Å². The van der Waals surface area contributed by atoms with Crippen molar-refractivity contribution in [2.75, 3.05) is 0 Å². The van der Waals surface area contributed by atoms with Gasteiger partial charge in [-0.2, -0.15) is 9.97 Å². The number of benzene rings is 1. The number of rotatable bonds is 7. The van der Waals surface area contributed by atoms with Gasteiger partial charge in [-0.3, -0.25) is 0 Å². The zero-order valence-corrected chi connectivity index (χ0v) is 20.9. The molecule has 4 nitrogen and oxygen atoms in total. The van der Waals surface area contributed by atoms with Crippen molar-refractivity contribution >= 4 is 28.4 Å². The van der Waals surface area contributed by atoms with Crippen molar-refractivity contribution in [3.05, 3.63) is 34.9 Å². The Morgan fingerprint density at radius 3 is 1.89 bits per heavy atom. The number of hydrogen-bond acceptors (Lipinski definition) is 5. The molecule has 0 bridgehead atoms. The Hall–Kier alpha value is -1.32. The van der Waals surface area contributed by atoms with Gasteiger partial charge in [0, 0.05) is 10.5 Å². The first kappa shape index (κ1) is 22.0. The summed E-state index contributed by atoms with van der Waals surface area (Å²) in [5, 5.41) is 0.930. The van der Waals surface area contributed by atoms with E-state index in [1.54, 1.807) is 11.8 Å². The molecule has 0 saturated heterocycles. The average Bonchev–Trinajstić information content (AvgIpc) is 2.42. The number of nitrogens with zero attached hydrogens (tertiary/aromatic N) is 2. The number of aromatic nitrogens is 2. The molecular weight excluding hydrogens is 388 g/mol. The molecule has 2 aromatic rings. The van der Waals surface area contributed by atoms with Gasteiger partial charge in [0.25, 0.3) is 0 Å². The second-order valence-electron chi connectivity index (χ2n) is 8.80. The molecule has 0 N–H and O–H groups in total. The largest absolute Gasteiger partial charge is 0.531 e. The van der Waals surface area contributed by atoms with Crippen LogP contribution >= 0.6 is 11.8 Å². The van der Waals surface area contributed by atoms with Gasteiger partial charge in [0.05, 0.1) is 0 Å². The highest BCUT2D eigenvalue weighted by molar-refractivity contribution is 7.99. The minimum absolute atomic E-state index is 0.437. The molecule has 0 aliphatic carbocycles. The lowest BCUT2D eigenvalue weighted by atomic mass is 10.2. The summed E-state index contributed by atoms with van der Waals surface area (Å²) in [6, 6.07) is 7.00. The molecule has 0 aliphatic heterocycles. The third-order valence-corrected chi connectivity index (χ3v) is 6.08. The van der Waals surface area contributed by atoms with Crippen LogP contribution in [0.25, 0.3) is 0 Å². The molecule has 1 heterocycles. The van der Waals surface area contributed by atoms with E-state index in [0.29, 0.717) is 11.9 Å². The molecule has 148 valence electrons. The SMILES string of the molecule is CCc1c(O[Si](C)(C)C)nc(O[Si](C)(C)C)nc1Sc1cc(C)cc(C)c1. The quantitative estimate of drug-likeness (QED) is 0.392.